The lowest BCUT2D eigenvalue weighted by molar-refractivity contribution is -0.113. The number of para-hydroxylation sites is 1. The van der Waals surface area contributed by atoms with Crippen molar-refractivity contribution in [2.75, 3.05) is 24.8 Å². The van der Waals surface area contributed by atoms with Crippen molar-refractivity contribution in [1.82, 2.24) is 9.97 Å². The van der Waals surface area contributed by atoms with E-state index in [1.165, 1.54) is 23.1 Å². The molecule has 0 bridgehead atoms. The first-order chi connectivity index (χ1) is 16.9. The van der Waals surface area contributed by atoms with Gasteiger partial charge in [0.05, 0.1) is 25.0 Å². The number of aryl methyl sites for hydroxylation is 1. The van der Waals surface area contributed by atoms with Gasteiger partial charge in [0, 0.05) is 15.8 Å². The Morgan fingerprint density at radius 1 is 1.06 bits per heavy atom. The predicted molar refractivity (Wildman–Crippen MR) is 141 cm³/mol. The maximum Gasteiger partial charge on any atom is 0.341 e. The second-order valence-corrected chi connectivity index (χ2v) is 9.81. The zero-order chi connectivity index (χ0) is 24.9. The molecule has 0 radical (unpaired) electrons. The fourth-order valence-electron chi connectivity index (χ4n) is 3.55. The summed E-state index contributed by atoms with van der Waals surface area (Å²) < 4.78 is 10.7. The van der Waals surface area contributed by atoms with Gasteiger partial charge in [-0.15, -0.1) is 11.3 Å². The summed E-state index contributed by atoms with van der Waals surface area (Å²) in [5.41, 5.74) is 2.78. The van der Waals surface area contributed by atoms with Crippen molar-refractivity contribution < 1.29 is 19.1 Å². The molecule has 0 spiro atoms. The quantitative estimate of drug-likeness (QED) is 0.181. The van der Waals surface area contributed by atoms with Gasteiger partial charge in [-0.1, -0.05) is 48.2 Å². The van der Waals surface area contributed by atoms with Crippen LogP contribution in [-0.4, -0.2) is 41.3 Å². The SMILES string of the molecule is CCOC(=O)c1c(NC(=O)CSc2nc(-c3ccccc3)nc3c(OC)cccc23)sc(C)c1C. The number of nitrogens with zero attached hydrogens (tertiary/aromatic N) is 2. The maximum absolute atomic E-state index is 12.9. The highest BCUT2D eigenvalue weighted by Gasteiger charge is 2.22. The van der Waals surface area contributed by atoms with E-state index >= 15 is 0 Å². The number of nitrogens with one attached hydrogen (secondary N) is 1. The van der Waals surface area contributed by atoms with E-state index in [1.807, 2.05) is 62.4 Å². The minimum atomic E-state index is -0.432. The predicted octanol–water partition coefficient (Wildman–Crippen LogP) is 5.89. The van der Waals surface area contributed by atoms with Gasteiger partial charge in [0.1, 0.15) is 21.3 Å². The highest BCUT2D eigenvalue weighted by molar-refractivity contribution is 8.00. The number of methoxy groups -OCH3 is 1. The van der Waals surface area contributed by atoms with Crippen molar-refractivity contribution in [2.45, 2.75) is 25.8 Å². The lowest BCUT2D eigenvalue weighted by atomic mass is 10.1. The van der Waals surface area contributed by atoms with E-state index in [9.17, 15) is 9.59 Å². The van der Waals surface area contributed by atoms with Gasteiger partial charge < -0.3 is 14.8 Å². The number of hydrogen-bond acceptors (Lipinski definition) is 8. The Morgan fingerprint density at radius 3 is 2.54 bits per heavy atom. The number of aromatic nitrogens is 2. The van der Waals surface area contributed by atoms with E-state index in [2.05, 4.69) is 5.32 Å². The van der Waals surface area contributed by atoms with E-state index in [1.54, 1.807) is 14.0 Å². The van der Waals surface area contributed by atoms with Crippen molar-refractivity contribution in [2.24, 2.45) is 0 Å². The van der Waals surface area contributed by atoms with Gasteiger partial charge in [-0.05, 0) is 38.5 Å². The lowest BCUT2D eigenvalue weighted by Crippen LogP contribution is -2.16. The lowest BCUT2D eigenvalue weighted by Gasteiger charge is -2.11. The Hall–Kier alpha value is -3.43. The van der Waals surface area contributed by atoms with Gasteiger partial charge in [0.2, 0.25) is 5.91 Å². The highest BCUT2D eigenvalue weighted by Crippen LogP contribution is 2.35. The molecule has 2 aromatic carbocycles. The van der Waals surface area contributed by atoms with Crippen LogP contribution in [0.3, 0.4) is 0 Å². The molecule has 4 rings (SSSR count). The molecular formula is C26H25N3O4S2. The molecule has 0 aliphatic heterocycles. The van der Waals surface area contributed by atoms with Gasteiger partial charge in [0.25, 0.3) is 0 Å². The first kappa shape index (κ1) is 24.7. The summed E-state index contributed by atoms with van der Waals surface area (Å²) in [6, 6.07) is 15.3. The number of hydrogen-bond donors (Lipinski definition) is 1. The molecule has 0 atom stereocenters. The molecule has 0 fully saturated rings. The summed E-state index contributed by atoms with van der Waals surface area (Å²) in [7, 11) is 1.60. The Labute approximate surface area is 211 Å². The fraction of sp³-hybridized carbons (Fsp3) is 0.231. The molecule has 35 heavy (non-hydrogen) atoms. The minimum Gasteiger partial charge on any atom is -0.494 e. The Morgan fingerprint density at radius 2 is 1.83 bits per heavy atom. The standard InChI is InChI=1S/C26H25N3O4S2/c1-5-33-26(31)21-15(2)16(3)35-25(21)27-20(30)14-34-24-18-12-9-13-19(32-4)22(18)28-23(29-24)17-10-7-6-8-11-17/h6-13H,5,14H2,1-4H3,(H,27,30). The molecule has 2 heterocycles. The number of rotatable bonds is 8. The number of fused-ring (bicyclic) bond motifs is 1. The molecule has 0 aliphatic rings. The normalized spacial score (nSPS) is 10.9. The van der Waals surface area contributed by atoms with Crippen molar-refractivity contribution in [3.8, 4) is 17.1 Å². The van der Waals surface area contributed by atoms with E-state index in [0.29, 0.717) is 32.7 Å². The van der Waals surface area contributed by atoms with Gasteiger partial charge in [-0.25, -0.2) is 14.8 Å². The number of benzene rings is 2. The topological polar surface area (TPSA) is 90.4 Å². The maximum atomic E-state index is 12.9. The number of thioether (sulfide) groups is 1. The van der Waals surface area contributed by atoms with Gasteiger partial charge in [-0.3, -0.25) is 4.79 Å². The van der Waals surface area contributed by atoms with Crippen LogP contribution in [0.25, 0.3) is 22.3 Å². The van der Waals surface area contributed by atoms with Gasteiger partial charge >= 0.3 is 5.97 Å². The molecule has 4 aromatic rings. The second kappa shape index (κ2) is 10.9. The van der Waals surface area contributed by atoms with Crippen LogP contribution >= 0.6 is 23.1 Å². The highest BCUT2D eigenvalue weighted by atomic mass is 32.2. The van der Waals surface area contributed by atoms with Crippen LogP contribution in [0.1, 0.15) is 27.7 Å². The second-order valence-electron chi connectivity index (χ2n) is 7.62. The Kier molecular flexibility index (Phi) is 7.67. The molecule has 1 N–H and O–H groups in total. The van der Waals surface area contributed by atoms with Crippen LogP contribution in [-0.2, 0) is 9.53 Å². The van der Waals surface area contributed by atoms with E-state index in [0.717, 1.165) is 21.4 Å². The monoisotopic (exact) mass is 507 g/mol. The van der Waals surface area contributed by atoms with E-state index < -0.39 is 5.97 Å². The number of anilines is 1. The molecule has 180 valence electrons. The van der Waals surface area contributed by atoms with Crippen LogP contribution in [0, 0.1) is 13.8 Å². The largest absolute Gasteiger partial charge is 0.494 e. The summed E-state index contributed by atoms with van der Waals surface area (Å²) >= 11 is 2.68. The van der Waals surface area contributed by atoms with Gasteiger partial charge in [0.15, 0.2) is 5.82 Å². The Bertz CT molecular complexity index is 1390. The summed E-state index contributed by atoms with van der Waals surface area (Å²) in [5, 5.41) is 4.87. The molecule has 1 amide bonds. The molecule has 0 saturated carbocycles. The van der Waals surface area contributed by atoms with Crippen molar-refractivity contribution in [1.29, 1.82) is 0 Å². The van der Waals surface area contributed by atoms with Crippen LogP contribution in [0.15, 0.2) is 53.6 Å². The molecule has 0 unspecified atom stereocenters. The average molecular weight is 508 g/mol. The molecular weight excluding hydrogens is 482 g/mol. The van der Waals surface area contributed by atoms with E-state index in [-0.39, 0.29) is 18.3 Å². The van der Waals surface area contributed by atoms with Crippen molar-refractivity contribution in [3.05, 3.63) is 64.5 Å². The molecule has 9 heteroatoms. The summed E-state index contributed by atoms with van der Waals surface area (Å²) in [6.45, 7) is 5.79. The first-order valence-electron chi connectivity index (χ1n) is 11.0. The zero-order valence-corrected chi connectivity index (χ0v) is 21.5. The number of ether oxygens (including phenoxy) is 2. The summed E-state index contributed by atoms with van der Waals surface area (Å²) in [5.74, 6) is 0.628. The summed E-state index contributed by atoms with van der Waals surface area (Å²) in [6.07, 6.45) is 0. The van der Waals surface area contributed by atoms with Crippen LogP contribution in [0.5, 0.6) is 5.75 Å². The zero-order valence-electron chi connectivity index (χ0n) is 19.9. The average Bonchev–Trinajstić information content (AvgIpc) is 3.15. The molecule has 2 aromatic heterocycles. The molecule has 0 aliphatic carbocycles. The first-order valence-corrected chi connectivity index (χ1v) is 12.8. The number of carbonyl (C=O) groups is 2. The summed E-state index contributed by atoms with van der Waals surface area (Å²) in [4.78, 5) is 35.8. The Balaban J connectivity index is 1.62. The van der Waals surface area contributed by atoms with Crippen LogP contribution in [0.2, 0.25) is 0 Å². The fourth-order valence-corrected chi connectivity index (χ4v) is 5.43. The van der Waals surface area contributed by atoms with Crippen LogP contribution < -0.4 is 10.1 Å². The molecule has 7 nitrogen and oxygen atoms in total. The third-order valence-corrected chi connectivity index (χ3v) is 7.48. The van der Waals surface area contributed by atoms with Crippen molar-refractivity contribution >= 4 is 50.9 Å². The number of esters is 1. The van der Waals surface area contributed by atoms with Crippen molar-refractivity contribution in [3.63, 3.8) is 0 Å². The number of amides is 1. The molecule has 0 saturated heterocycles. The number of thiophene rings is 1. The van der Waals surface area contributed by atoms with E-state index in [4.69, 9.17) is 19.4 Å². The third kappa shape index (κ3) is 5.31. The van der Waals surface area contributed by atoms with Gasteiger partial charge in [-0.2, -0.15) is 0 Å². The third-order valence-electron chi connectivity index (χ3n) is 5.36. The smallest absolute Gasteiger partial charge is 0.341 e. The number of carbonyl (C=O) groups excluding carboxylic acids is 2. The van der Waals surface area contributed by atoms with Crippen LogP contribution in [0.4, 0.5) is 5.00 Å². The minimum absolute atomic E-state index is 0.107.